The highest BCUT2D eigenvalue weighted by Crippen LogP contribution is 2.49. The molecule has 0 amide bonds. The first-order valence-corrected chi connectivity index (χ1v) is 9.04. The van der Waals surface area contributed by atoms with Gasteiger partial charge in [-0.25, -0.2) is 0 Å². The maximum Gasteiger partial charge on any atom is 0.258 e. The van der Waals surface area contributed by atoms with Crippen molar-refractivity contribution in [3.8, 4) is 11.6 Å². The molecular formula is C22H17N3O3. The number of aryl methyl sites for hydroxylation is 1. The van der Waals surface area contributed by atoms with Crippen LogP contribution in [0.4, 0.5) is 0 Å². The molecule has 28 heavy (non-hydrogen) atoms. The predicted molar refractivity (Wildman–Crippen MR) is 105 cm³/mol. The van der Waals surface area contributed by atoms with Crippen LogP contribution in [0, 0.1) is 6.92 Å². The summed E-state index contributed by atoms with van der Waals surface area (Å²) in [6.07, 6.45) is 0. The molecule has 138 valence electrons. The number of benzene rings is 2. The number of nitrogens with one attached hydrogen (secondary N) is 1. The minimum absolute atomic E-state index is 0.137. The quantitative estimate of drug-likeness (QED) is 0.483. The zero-order chi connectivity index (χ0) is 19.4. The summed E-state index contributed by atoms with van der Waals surface area (Å²) >= 11 is 0. The van der Waals surface area contributed by atoms with Crippen LogP contribution in [0.3, 0.4) is 0 Å². The Kier molecular flexibility index (Phi) is 3.49. The summed E-state index contributed by atoms with van der Waals surface area (Å²) in [6, 6.07) is 17.2. The largest absolute Gasteiger partial charge is 0.436 e. The zero-order valence-corrected chi connectivity index (χ0v) is 15.4. The Hall–Kier alpha value is -3.67. The van der Waals surface area contributed by atoms with E-state index in [4.69, 9.17) is 4.74 Å². The van der Waals surface area contributed by atoms with Crippen molar-refractivity contribution in [1.29, 1.82) is 0 Å². The number of hydrogen-bond donors (Lipinski definition) is 1. The SMILES string of the molecule is CC(=O)n1c2c(c3ccccc31)Oc1nc(C)[nH]c(=O)c1C2c1ccccc1. The summed E-state index contributed by atoms with van der Waals surface area (Å²) in [5, 5.41) is 0.819. The molecule has 3 heterocycles. The van der Waals surface area contributed by atoms with Gasteiger partial charge in [-0.2, -0.15) is 4.98 Å². The minimum Gasteiger partial charge on any atom is -0.436 e. The second kappa shape index (κ2) is 5.92. The number of ether oxygens (including phenoxy) is 1. The van der Waals surface area contributed by atoms with Crippen LogP contribution in [0.5, 0.6) is 11.6 Å². The van der Waals surface area contributed by atoms with Gasteiger partial charge in [-0.15, -0.1) is 0 Å². The van der Waals surface area contributed by atoms with Gasteiger partial charge < -0.3 is 9.72 Å². The molecule has 0 saturated carbocycles. The third-order valence-corrected chi connectivity index (χ3v) is 5.11. The van der Waals surface area contributed by atoms with Crippen molar-refractivity contribution in [2.24, 2.45) is 0 Å². The fraction of sp³-hybridized carbons (Fsp3) is 0.136. The summed E-state index contributed by atoms with van der Waals surface area (Å²) < 4.78 is 7.77. The van der Waals surface area contributed by atoms with E-state index in [-0.39, 0.29) is 17.3 Å². The van der Waals surface area contributed by atoms with Crippen molar-refractivity contribution >= 4 is 16.8 Å². The predicted octanol–water partition coefficient (Wildman–Crippen LogP) is 3.98. The second-order valence-electron chi connectivity index (χ2n) is 6.90. The molecule has 6 nitrogen and oxygen atoms in total. The fourth-order valence-corrected chi connectivity index (χ4v) is 4.04. The van der Waals surface area contributed by atoms with Crippen LogP contribution >= 0.6 is 0 Å². The molecule has 2 aromatic heterocycles. The lowest BCUT2D eigenvalue weighted by Gasteiger charge is -2.26. The van der Waals surface area contributed by atoms with Crippen LogP contribution in [0.1, 0.15) is 40.3 Å². The molecule has 0 saturated heterocycles. The van der Waals surface area contributed by atoms with E-state index in [9.17, 15) is 9.59 Å². The van der Waals surface area contributed by atoms with Crippen LogP contribution in [0.2, 0.25) is 0 Å². The summed E-state index contributed by atoms with van der Waals surface area (Å²) in [5.74, 6) is 0.739. The van der Waals surface area contributed by atoms with Gasteiger partial charge in [-0.05, 0) is 24.6 Å². The number of rotatable bonds is 1. The molecule has 0 spiro atoms. The molecule has 1 atom stereocenters. The van der Waals surface area contributed by atoms with Gasteiger partial charge in [0.15, 0.2) is 5.75 Å². The lowest BCUT2D eigenvalue weighted by molar-refractivity contribution is 0.0937. The van der Waals surface area contributed by atoms with E-state index in [1.165, 1.54) is 6.92 Å². The Labute approximate surface area is 160 Å². The molecule has 0 bridgehead atoms. The van der Waals surface area contributed by atoms with Gasteiger partial charge in [-0.3, -0.25) is 14.2 Å². The Morgan fingerprint density at radius 2 is 1.82 bits per heavy atom. The number of carbonyl (C=O) groups excluding carboxylic acids is 1. The van der Waals surface area contributed by atoms with Crippen molar-refractivity contribution in [3.63, 3.8) is 0 Å². The first kappa shape index (κ1) is 16.5. The smallest absolute Gasteiger partial charge is 0.258 e. The maximum atomic E-state index is 12.9. The average Bonchev–Trinajstić information content (AvgIpc) is 3.01. The Morgan fingerprint density at radius 3 is 2.57 bits per heavy atom. The molecule has 2 aromatic carbocycles. The van der Waals surface area contributed by atoms with Gasteiger partial charge in [0.2, 0.25) is 11.8 Å². The van der Waals surface area contributed by atoms with E-state index < -0.39 is 5.92 Å². The van der Waals surface area contributed by atoms with Gasteiger partial charge in [0.25, 0.3) is 5.56 Å². The van der Waals surface area contributed by atoms with E-state index in [1.807, 2.05) is 54.6 Å². The Bertz CT molecular complexity index is 1300. The van der Waals surface area contributed by atoms with Crippen molar-refractivity contribution in [1.82, 2.24) is 14.5 Å². The van der Waals surface area contributed by atoms with E-state index in [2.05, 4.69) is 9.97 Å². The van der Waals surface area contributed by atoms with Crippen molar-refractivity contribution in [2.75, 3.05) is 0 Å². The zero-order valence-electron chi connectivity index (χ0n) is 15.4. The minimum atomic E-state index is -0.465. The standard InChI is InChI=1S/C22H17N3O3/c1-12-23-21(27)18-17(14-8-4-3-5-9-14)19-20(28-22(18)24-12)15-10-6-7-11-16(15)25(19)13(2)26/h3-11,17H,1-2H3,(H,23,24,27). The van der Waals surface area contributed by atoms with Crippen molar-refractivity contribution in [2.45, 2.75) is 19.8 Å². The maximum absolute atomic E-state index is 12.9. The van der Waals surface area contributed by atoms with E-state index in [0.717, 1.165) is 16.5 Å². The van der Waals surface area contributed by atoms with Gasteiger partial charge in [-0.1, -0.05) is 42.5 Å². The molecule has 5 rings (SSSR count). The number of fused-ring (bicyclic) bond motifs is 4. The van der Waals surface area contributed by atoms with E-state index >= 15 is 0 Å². The summed E-state index contributed by atoms with van der Waals surface area (Å²) in [7, 11) is 0. The third kappa shape index (κ3) is 2.24. The van der Waals surface area contributed by atoms with Crippen LogP contribution < -0.4 is 10.3 Å². The molecule has 0 radical (unpaired) electrons. The number of H-pyrrole nitrogens is 1. The van der Waals surface area contributed by atoms with Crippen LogP contribution in [0.25, 0.3) is 10.9 Å². The molecule has 1 N–H and O–H groups in total. The van der Waals surface area contributed by atoms with Gasteiger partial charge in [0.05, 0.1) is 22.7 Å². The van der Waals surface area contributed by atoms with Crippen LogP contribution in [-0.2, 0) is 0 Å². The fourth-order valence-electron chi connectivity index (χ4n) is 4.04. The topological polar surface area (TPSA) is 77.0 Å². The van der Waals surface area contributed by atoms with Gasteiger partial charge >= 0.3 is 0 Å². The monoisotopic (exact) mass is 371 g/mol. The molecule has 0 aliphatic carbocycles. The van der Waals surface area contributed by atoms with Gasteiger partial charge in [0.1, 0.15) is 5.82 Å². The average molecular weight is 371 g/mol. The highest BCUT2D eigenvalue weighted by atomic mass is 16.5. The first-order valence-electron chi connectivity index (χ1n) is 9.04. The van der Waals surface area contributed by atoms with E-state index in [0.29, 0.717) is 22.8 Å². The van der Waals surface area contributed by atoms with Crippen LogP contribution in [0.15, 0.2) is 59.4 Å². The highest BCUT2D eigenvalue weighted by Gasteiger charge is 2.38. The second-order valence-corrected chi connectivity index (χ2v) is 6.90. The third-order valence-electron chi connectivity index (χ3n) is 5.11. The summed E-state index contributed by atoms with van der Waals surface area (Å²) in [6.45, 7) is 3.23. The van der Waals surface area contributed by atoms with E-state index in [1.54, 1.807) is 11.5 Å². The molecule has 4 aromatic rings. The number of aromatic amines is 1. The molecular weight excluding hydrogens is 354 g/mol. The number of carbonyl (C=O) groups is 1. The highest BCUT2D eigenvalue weighted by molar-refractivity contribution is 5.98. The van der Waals surface area contributed by atoms with Crippen molar-refractivity contribution in [3.05, 3.63) is 87.6 Å². The normalized spacial score (nSPS) is 15.0. The Morgan fingerprint density at radius 1 is 1.11 bits per heavy atom. The number of nitrogens with zero attached hydrogens (tertiary/aromatic N) is 2. The summed E-state index contributed by atoms with van der Waals surface area (Å²) in [5.41, 5.74) is 2.46. The number of aromatic nitrogens is 3. The van der Waals surface area contributed by atoms with Gasteiger partial charge in [0, 0.05) is 12.3 Å². The molecule has 1 aliphatic heterocycles. The lowest BCUT2D eigenvalue weighted by Crippen LogP contribution is -2.27. The molecule has 1 aliphatic rings. The number of hydrogen-bond acceptors (Lipinski definition) is 4. The van der Waals surface area contributed by atoms with Crippen LogP contribution in [-0.4, -0.2) is 20.4 Å². The molecule has 1 unspecified atom stereocenters. The lowest BCUT2D eigenvalue weighted by atomic mass is 9.87. The molecule has 0 fully saturated rings. The first-order chi connectivity index (χ1) is 13.6. The van der Waals surface area contributed by atoms with Crippen molar-refractivity contribution < 1.29 is 9.53 Å². The number of para-hydroxylation sites is 1. The summed E-state index contributed by atoms with van der Waals surface area (Å²) in [4.78, 5) is 32.7. The Balaban J connectivity index is 1.95. The molecule has 6 heteroatoms.